The summed E-state index contributed by atoms with van der Waals surface area (Å²) in [5, 5.41) is 3.48. The molecule has 116 valence electrons. The van der Waals surface area contributed by atoms with Crippen LogP contribution in [-0.2, 0) is 4.79 Å². The quantitative estimate of drug-likeness (QED) is 0.792. The number of amides is 1. The molecule has 1 unspecified atom stereocenters. The molecule has 4 nitrogen and oxygen atoms in total. The van der Waals surface area contributed by atoms with Gasteiger partial charge < -0.3 is 11.1 Å². The van der Waals surface area contributed by atoms with E-state index in [0.29, 0.717) is 28.4 Å². The summed E-state index contributed by atoms with van der Waals surface area (Å²) in [7, 11) is 0. The Morgan fingerprint density at radius 2 is 2.10 bits per heavy atom. The van der Waals surface area contributed by atoms with Crippen molar-refractivity contribution in [2.45, 2.75) is 45.7 Å². The smallest absolute Gasteiger partial charge is 0.241 e. The Morgan fingerprint density at radius 1 is 1.43 bits per heavy atom. The lowest BCUT2D eigenvalue weighted by Crippen LogP contribution is -2.45. The highest BCUT2D eigenvalue weighted by atomic mass is 35.5. The second-order valence-electron chi connectivity index (χ2n) is 6.22. The van der Waals surface area contributed by atoms with Crippen molar-refractivity contribution in [1.29, 1.82) is 0 Å². The minimum absolute atomic E-state index is 0.0171. The van der Waals surface area contributed by atoms with E-state index in [1.54, 1.807) is 18.2 Å². The highest BCUT2D eigenvalue weighted by Crippen LogP contribution is 2.30. The third-order valence-electron chi connectivity index (χ3n) is 3.74. The van der Waals surface area contributed by atoms with Crippen molar-refractivity contribution in [3.05, 3.63) is 23.2 Å². The van der Waals surface area contributed by atoms with E-state index >= 15 is 0 Å². The van der Waals surface area contributed by atoms with Gasteiger partial charge in [0.1, 0.15) is 0 Å². The monoisotopic (exact) mass is 309 g/mol. The third kappa shape index (κ3) is 4.35. The predicted octanol–water partition coefficient (Wildman–Crippen LogP) is 3.37. The van der Waals surface area contributed by atoms with Crippen LogP contribution in [0.3, 0.4) is 0 Å². The Bertz CT molecular complexity index is 514. The van der Waals surface area contributed by atoms with Crippen LogP contribution in [0.4, 0.5) is 11.4 Å². The fraction of sp³-hybridized carbons (Fsp3) is 0.562. The minimum atomic E-state index is -0.157. The van der Waals surface area contributed by atoms with Crippen LogP contribution in [0.15, 0.2) is 18.2 Å². The highest BCUT2D eigenvalue weighted by Gasteiger charge is 2.35. The van der Waals surface area contributed by atoms with Gasteiger partial charge in [-0.15, -0.1) is 0 Å². The molecule has 1 aliphatic rings. The second-order valence-corrected chi connectivity index (χ2v) is 6.66. The van der Waals surface area contributed by atoms with Gasteiger partial charge in [0.25, 0.3) is 0 Å². The topological polar surface area (TPSA) is 58.4 Å². The van der Waals surface area contributed by atoms with Crippen molar-refractivity contribution < 1.29 is 4.79 Å². The Labute approximate surface area is 131 Å². The lowest BCUT2D eigenvalue weighted by atomic mass is 10.1. The molecule has 1 aromatic rings. The highest BCUT2D eigenvalue weighted by molar-refractivity contribution is 6.31. The lowest BCUT2D eigenvalue weighted by Gasteiger charge is -2.29. The number of hydrogen-bond donors (Lipinski definition) is 2. The SMILES string of the molecule is CC(C)CN(C1CC1)C(C)C(=O)Nc1ccc(Cl)cc1N. The molecule has 0 aromatic heterocycles. The number of benzene rings is 1. The van der Waals surface area contributed by atoms with Crippen LogP contribution in [0, 0.1) is 5.92 Å². The first kappa shape index (κ1) is 16.1. The Hall–Kier alpha value is -1.26. The summed E-state index contributed by atoms with van der Waals surface area (Å²) in [6.07, 6.45) is 2.38. The maximum absolute atomic E-state index is 12.5. The van der Waals surface area contributed by atoms with E-state index in [4.69, 9.17) is 17.3 Å². The first-order valence-corrected chi connectivity index (χ1v) is 7.88. The zero-order valence-electron chi connectivity index (χ0n) is 12.9. The zero-order valence-corrected chi connectivity index (χ0v) is 13.7. The molecule has 2 rings (SSSR count). The molecule has 1 saturated carbocycles. The summed E-state index contributed by atoms with van der Waals surface area (Å²) >= 11 is 5.87. The van der Waals surface area contributed by atoms with E-state index in [1.807, 2.05) is 6.92 Å². The Balaban J connectivity index is 2.03. The number of nitrogen functional groups attached to an aromatic ring is 1. The molecule has 0 spiro atoms. The number of anilines is 2. The molecule has 1 fully saturated rings. The van der Waals surface area contributed by atoms with Gasteiger partial charge in [0.2, 0.25) is 5.91 Å². The molecule has 1 aromatic carbocycles. The van der Waals surface area contributed by atoms with Crippen molar-refractivity contribution in [3.8, 4) is 0 Å². The van der Waals surface area contributed by atoms with Gasteiger partial charge in [0.15, 0.2) is 0 Å². The van der Waals surface area contributed by atoms with Gasteiger partial charge in [-0.2, -0.15) is 0 Å². The van der Waals surface area contributed by atoms with Gasteiger partial charge in [0.05, 0.1) is 17.4 Å². The second kappa shape index (κ2) is 6.67. The fourth-order valence-corrected chi connectivity index (χ4v) is 2.67. The lowest BCUT2D eigenvalue weighted by molar-refractivity contribution is -0.121. The summed E-state index contributed by atoms with van der Waals surface area (Å²) in [6, 6.07) is 5.51. The summed E-state index contributed by atoms with van der Waals surface area (Å²) < 4.78 is 0. The molecule has 1 aliphatic carbocycles. The summed E-state index contributed by atoms with van der Waals surface area (Å²) in [5.74, 6) is 0.526. The van der Waals surface area contributed by atoms with Crippen molar-refractivity contribution in [2.75, 3.05) is 17.6 Å². The van der Waals surface area contributed by atoms with Crippen molar-refractivity contribution in [3.63, 3.8) is 0 Å². The molecular weight excluding hydrogens is 286 g/mol. The van der Waals surface area contributed by atoms with E-state index in [9.17, 15) is 4.79 Å². The van der Waals surface area contributed by atoms with Gasteiger partial charge in [-0.05, 0) is 43.9 Å². The minimum Gasteiger partial charge on any atom is -0.397 e. The van der Waals surface area contributed by atoms with Gasteiger partial charge in [-0.1, -0.05) is 25.4 Å². The third-order valence-corrected chi connectivity index (χ3v) is 3.98. The number of hydrogen-bond acceptors (Lipinski definition) is 3. The number of nitrogens with two attached hydrogens (primary N) is 1. The molecule has 0 aliphatic heterocycles. The van der Waals surface area contributed by atoms with Crippen molar-refractivity contribution >= 4 is 28.9 Å². The molecule has 0 heterocycles. The molecule has 3 N–H and O–H groups in total. The van der Waals surface area contributed by atoms with Crippen molar-refractivity contribution in [2.24, 2.45) is 5.92 Å². The number of halogens is 1. The Morgan fingerprint density at radius 3 is 2.62 bits per heavy atom. The van der Waals surface area contributed by atoms with E-state index in [0.717, 1.165) is 6.54 Å². The van der Waals surface area contributed by atoms with Crippen LogP contribution in [-0.4, -0.2) is 29.4 Å². The van der Waals surface area contributed by atoms with E-state index < -0.39 is 0 Å². The predicted molar refractivity (Wildman–Crippen MR) is 88.5 cm³/mol. The normalized spacial score (nSPS) is 16.3. The Kier molecular flexibility index (Phi) is 5.12. The van der Waals surface area contributed by atoms with Gasteiger partial charge in [-0.25, -0.2) is 0 Å². The first-order chi connectivity index (χ1) is 9.88. The molecule has 5 heteroatoms. The number of nitrogens with one attached hydrogen (secondary N) is 1. The first-order valence-electron chi connectivity index (χ1n) is 7.50. The summed E-state index contributed by atoms with van der Waals surface area (Å²) in [4.78, 5) is 14.8. The van der Waals surface area contributed by atoms with E-state index in [1.165, 1.54) is 12.8 Å². The van der Waals surface area contributed by atoms with Gasteiger partial charge in [-0.3, -0.25) is 9.69 Å². The van der Waals surface area contributed by atoms with Crippen LogP contribution >= 0.6 is 11.6 Å². The molecule has 21 heavy (non-hydrogen) atoms. The van der Waals surface area contributed by atoms with Crippen molar-refractivity contribution in [1.82, 2.24) is 4.90 Å². The molecule has 1 amide bonds. The maximum Gasteiger partial charge on any atom is 0.241 e. The molecule has 0 radical (unpaired) electrons. The number of rotatable bonds is 6. The average molecular weight is 310 g/mol. The number of carbonyl (C=O) groups excluding carboxylic acids is 1. The summed E-state index contributed by atoms with van der Waals surface area (Å²) in [5.41, 5.74) is 7.00. The fourth-order valence-electron chi connectivity index (χ4n) is 2.49. The number of nitrogens with zero attached hydrogens (tertiary/aromatic N) is 1. The standard InChI is InChI=1S/C16H24ClN3O/c1-10(2)9-20(13-5-6-13)11(3)16(21)19-15-7-4-12(17)8-14(15)18/h4,7-8,10-11,13H,5-6,9,18H2,1-3H3,(H,19,21). The van der Waals surface area contributed by atoms with E-state index in [-0.39, 0.29) is 11.9 Å². The van der Waals surface area contributed by atoms with Crippen LogP contribution in [0.5, 0.6) is 0 Å². The zero-order chi connectivity index (χ0) is 15.6. The summed E-state index contributed by atoms with van der Waals surface area (Å²) in [6.45, 7) is 7.26. The van der Waals surface area contributed by atoms with Crippen LogP contribution in [0.1, 0.15) is 33.6 Å². The molecular formula is C16H24ClN3O. The van der Waals surface area contributed by atoms with Crippen LogP contribution < -0.4 is 11.1 Å². The maximum atomic E-state index is 12.5. The van der Waals surface area contributed by atoms with Gasteiger partial charge >= 0.3 is 0 Å². The van der Waals surface area contributed by atoms with Crippen LogP contribution in [0.2, 0.25) is 5.02 Å². The van der Waals surface area contributed by atoms with Gasteiger partial charge in [0, 0.05) is 17.6 Å². The largest absolute Gasteiger partial charge is 0.397 e. The molecule has 1 atom stereocenters. The molecule has 0 saturated heterocycles. The van der Waals surface area contributed by atoms with E-state index in [2.05, 4.69) is 24.1 Å². The number of carbonyl (C=O) groups is 1. The average Bonchev–Trinajstić information content (AvgIpc) is 3.22. The van der Waals surface area contributed by atoms with Crippen LogP contribution in [0.25, 0.3) is 0 Å². The molecule has 0 bridgehead atoms.